The minimum absolute atomic E-state index is 0.317. The summed E-state index contributed by atoms with van der Waals surface area (Å²) in [6.45, 7) is 0.834. The average Bonchev–Trinajstić information content (AvgIpc) is 3.11. The number of allylic oxidation sites excluding steroid dienone is 2. The first-order valence-corrected chi connectivity index (χ1v) is 7.36. The Morgan fingerprint density at radius 2 is 1.79 bits per heavy atom. The Kier molecular flexibility index (Phi) is 2.51. The number of hydrogen-bond acceptors (Lipinski definition) is 2. The van der Waals surface area contributed by atoms with Gasteiger partial charge in [0, 0.05) is 30.2 Å². The first-order valence-electron chi connectivity index (χ1n) is 7.36. The average molecular weight is 253 g/mol. The summed E-state index contributed by atoms with van der Waals surface area (Å²) in [6.07, 6.45) is 5.77. The third-order valence-corrected chi connectivity index (χ3v) is 5.24. The maximum Gasteiger partial charge on any atom is 0.161 e. The first-order chi connectivity index (χ1) is 9.33. The van der Waals surface area contributed by atoms with Crippen LogP contribution in [0, 0.1) is 23.7 Å². The van der Waals surface area contributed by atoms with E-state index < -0.39 is 0 Å². The van der Waals surface area contributed by atoms with Crippen LogP contribution in [0.1, 0.15) is 24.8 Å². The third-order valence-electron chi connectivity index (χ3n) is 5.24. The van der Waals surface area contributed by atoms with Gasteiger partial charge in [-0.15, -0.1) is 0 Å². The molecule has 2 heteroatoms. The van der Waals surface area contributed by atoms with Crippen molar-refractivity contribution >= 4 is 5.78 Å². The number of hydrogen-bond donors (Lipinski definition) is 1. The van der Waals surface area contributed by atoms with Gasteiger partial charge in [-0.05, 0) is 36.7 Å². The van der Waals surface area contributed by atoms with Crippen LogP contribution in [0.15, 0.2) is 42.1 Å². The zero-order valence-electron chi connectivity index (χ0n) is 11.0. The van der Waals surface area contributed by atoms with E-state index in [1.54, 1.807) is 0 Å². The molecule has 0 amide bonds. The van der Waals surface area contributed by atoms with Crippen LogP contribution < -0.4 is 5.32 Å². The zero-order valence-corrected chi connectivity index (χ0v) is 11.0. The van der Waals surface area contributed by atoms with Gasteiger partial charge in [0.25, 0.3) is 0 Å². The maximum absolute atomic E-state index is 12.2. The summed E-state index contributed by atoms with van der Waals surface area (Å²) in [4.78, 5) is 12.2. The molecule has 98 valence electrons. The standard InChI is InChI=1S/C17H19NO/c19-15-9-14(18-10-11-4-2-1-3-5-11)16-12-6-7-13(8-12)17(15)16/h1-5,9,12-13,16-18H,6-8,10H2/t12-,13+,16?,17?/m0/s1. The molecular weight excluding hydrogens is 234 g/mol. The molecular formula is C17H19NO. The van der Waals surface area contributed by atoms with Gasteiger partial charge in [0.15, 0.2) is 5.78 Å². The predicted octanol–water partition coefficient (Wildman–Crippen LogP) is 2.91. The topological polar surface area (TPSA) is 29.1 Å². The molecule has 1 N–H and O–H groups in total. The van der Waals surface area contributed by atoms with E-state index in [0.717, 1.165) is 12.5 Å². The van der Waals surface area contributed by atoms with E-state index in [0.29, 0.717) is 23.5 Å². The van der Waals surface area contributed by atoms with Gasteiger partial charge in [-0.25, -0.2) is 0 Å². The van der Waals surface area contributed by atoms with Gasteiger partial charge in [-0.3, -0.25) is 4.79 Å². The van der Waals surface area contributed by atoms with Crippen molar-refractivity contribution in [3.8, 4) is 0 Å². The SMILES string of the molecule is O=C1C=C(NCc2ccccc2)C2C1[C@@H]1CC[C@H]2C1. The summed E-state index contributed by atoms with van der Waals surface area (Å²) in [5.41, 5.74) is 2.49. The predicted molar refractivity (Wildman–Crippen MR) is 74.2 cm³/mol. The van der Waals surface area contributed by atoms with Crippen LogP contribution in [0.5, 0.6) is 0 Å². The number of carbonyl (C=O) groups excluding carboxylic acids is 1. The molecule has 0 saturated heterocycles. The van der Waals surface area contributed by atoms with Crippen molar-refractivity contribution in [2.75, 3.05) is 0 Å². The fourth-order valence-corrected chi connectivity index (χ4v) is 4.46. The molecule has 4 rings (SSSR count). The number of ketones is 1. The van der Waals surface area contributed by atoms with Gasteiger partial charge in [0.1, 0.15) is 0 Å². The number of fused-ring (bicyclic) bond motifs is 5. The highest BCUT2D eigenvalue weighted by Gasteiger charge is 2.54. The minimum Gasteiger partial charge on any atom is -0.384 e. The second-order valence-electron chi connectivity index (χ2n) is 6.23. The highest BCUT2D eigenvalue weighted by atomic mass is 16.1. The lowest BCUT2D eigenvalue weighted by Crippen LogP contribution is -2.28. The molecule has 4 atom stereocenters. The van der Waals surface area contributed by atoms with E-state index in [-0.39, 0.29) is 0 Å². The Morgan fingerprint density at radius 3 is 2.58 bits per heavy atom. The molecule has 1 aromatic rings. The van der Waals surface area contributed by atoms with Gasteiger partial charge in [0.05, 0.1) is 0 Å². The Morgan fingerprint density at radius 1 is 1.05 bits per heavy atom. The molecule has 2 saturated carbocycles. The minimum atomic E-state index is 0.317. The molecule has 0 spiro atoms. The number of benzene rings is 1. The lowest BCUT2D eigenvalue weighted by atomic mass is 9.80. The van der Waals surface area contributed by atoms with Crippen molar-refractivity contribution in [1.82, 2.24) is 5.32 Å². The van der Waals surface area contributed by atoms with Crippen molar-refractivity contribution in [2.24, 2.45) is 23.7 Å². The smallest absolute Gasteiger partial charge is 0.161 e. The number of carbonyl (C=O) groups is 1. The number of rotatable bonds is 3. The van der Waals surface area contributed by atoms with E-state index >= 15 is 0 Å². The molecule has 1 aromatic carbocycles. The Bertz CT molecular complexity index is 533. The molecule has 0 aliphatic heterocycles. The molecule has 3 aliphatic rings. The summed E-state index contributed by atoms with van der Waals surface area (Å²) in [7, 11) is 0. The molecule has 2 unspecified atom stereocenters. The Balaban J connectivity index is 1.50. The van der Waals surface area contributed by atoms with Gasteiger partial charge >= 0.3 is 0 Å². The van der Waals surface area contributed by atoms with E-state index in [4.69, 9.17) is 0 Å². The van der Waals surface area contributed by atoms with Crippen LogP contribution in [-0.4, -0.2) is 5.78 Å². The fraction of sp³-hybridized carbons (Fsp3) is 0.471. The molecule has 0 aromatic heterocycles. The van der Waals surface area contributed by atoms with Crippen molar-refractivity contribution in [3.63, 3.8) is 0 Å². The lowest BCUT2D eigenvalue weighted by molar-refractivity contribution is -0.119. The van der Waals surface area contributed by atoms with Crippen molar-refractivity contribution in [2.45, 2.75) is 25.8 Å². The van der Waals surface area contributed by atoms with Gasteiger partial charge in [0.2, 0.25) is 0 Å². The Hall–Kier alpha value is -1.57. The van der Waals surface area contributed by atoms with Crippen molar-refractivity contribution < 1.29 is 4.79 Å². The van der Waals surface area contributed by atoms with Crippen molar-refractivity contribution in [1.29, 1.82) is 0 Å². The van der Waals surface area contributed by atoms with E-state index in [9.17, 15) is 4.79 Å². The number of nitrogens with one attached hydrogen (secondary N) is 1. The van der Waals surface area contributed by atoms with Gasteiger partial charge in [-0.2, -0.15) is 0 Å². The molecule has 19 heavy (non-hydrogen) atoms. The molecule has 2 fully saturated rings. The first kappa shape index (κ1) is 11.3. The van der Waals surface area contributed by atoms with Gasteiger partial charge < -0.3 is 5.32 Å². The maximum atomic E-state index is 12.2. The molecule has 3 aliphatic carbocycles. The van der Waals surface area contributed by atoms with E-state index in [1.807, 2.05) is 12.1 Å². The Labute approximate surface area is 113 Å². The largest absolute Gasteiger partial charge is 0.384 e. The molecule has 0 heterocycles. The summed E-state index contributed by atoms with van der Waals surface area (Å²) < 4.78 is 0. The third kappa shape index (κ3) is 1.73. The second kappa shape index (κ2) is 4.22. The van der Waals surface area contributed by atoms with Crippen LogP contribution in [0.4, 0.5) is 0 Å². The van der Waals surface area contributed by atoms with Crippen LogP contribution in [0.25, 0.3) is 0 Å². The van der Waals surface area contributed by atoms with Crippen LogP contribution in [-0.2, 0) is 11.3 Å². The monoisotopic (exact) mass is 253 g/mol. The highest BCUT2D eigenvalue weighted by Crippen LogP contribution is 2.57. The molecule has 0 radical (unpaired) electrons. The van der Waals surface area contributed by atoms with Crippen LogP contribution >= 0.6 is 0 Å². The molecule has 2 nitrogen and oxygen atoms in total. The molecule has 2 bridgehead atoms. The van der Waals surface area contributed by atoms with Crippen molar-refractivity contribution in [3.05, 3.63) is 47.7 Å². The normalized spacial score (nSPS) is 35.4. The van der Waals surface area contributed by atoms with Gasteiger partial charge in [-0.1, -0.05) is 30.3 Å². The summed E-state index contributed by atoms with van der Waals surface area (Å²) in [5, 5.41) is 3.52. The second-order valence-corrected chi connectivity index (χ2v) is 6.23. The summed E-state index contributed by atoms with van der Waals surface area (Å²) in [6, 6.07) is 10.4. The van der Waals surface area contributed by atoms with E-state index in [2.05, 4.69) is 29.6 Å². The van der Waals surface area contributed by atoms with Crippen LogP contribution in [0.2, 0.25) is 0 Å². The fourth-order valence-electron chi connectivity index (χ4n) is 4.46. The lowest BCUT2D eigenvalue weighted by Gasteiger charge is -2.26. The van der Waals surface area contributed by atoms with E-state index in [1.165, 1.54) is 30.5 Å². The summed E-state index contributed by atoms with van der Waals surface area (Å²) >= 11 is 0. The highest BCUT2D eigenvalue weighted by molar-refractivity contribution is 5.96. The zero-order chi connectivity index (χ0) is 12.8. The quantitative estimate of drug-likeness (QED) is 0.897. The van der Waals surface area contributed by atoms with Crippen LogP contribution in [0.3, 0.4) is 0 Å². The summed E-state index contributed by atoms with van der Waals surface area (Å²) in [5.74, 6) is 2.64.